The molecule has 18 heteroatoms. The highest BCUT2D eigenvalue weighted by Crippen LogP contribution is 2.43. The zero-order valence-corrected chi connectivity index (χ0v) is 48.1. The van der Waals surface area contributed by atoms with Gasteiger partial charge in [0.1, 0.15) is 23.7 Å². The molecule has 0 radical (unpaired) electrons. The Balaban J connectivity index is 0.000000162. The standard InChI is InChI=1S/2C35H30FN5O3/c2*36-28-19-24(20-37)8-10-29(28)40-16-14-39(15-17-40)21-23-6-4-22(5-7-23)18-25-9-11-30-33-26(25)2-1-3-27(33)35(44)41(30)31-12-13-32(42)38-34(31)43/h2*1-11,19,31H,12-18,21H2,(H,38,42,43)/t2*31-/m10/s1. The Hall–Kier alpha value is -10.1. The number of anilines is 4. The predicted octanol–water partition coefficient (Wildman–Crippen LogP) is 9.06. The lowest BCUT2D eigenvalue weighted by Crippen LogP contribution is -2.53. The van der Waals surface area contributed by atoms with Crippen molar-refractivity contribution in [3.8, 4) is 12.1 Å². The summed E-state index contributed by atoms with van der Waals surface area (Å²) < 4.78 is 29.0. The molecule has 0 aromatic heterocycles. The Morgan fingerprint density at radius 2 is 0.818 bits per heavy atom. The number of nitriles is 2. The van der Waals surface area contributed by atoms with Crippen LogP contribution in [-0.2, 0) is 45.1 Å². The van der Waals surface area contributed by atoms with Gasteiger partial charge in [0.05, 0.1) is 46.0 Å². The number of piperidine rings is 2. The van der Waals surface area contributed by atoms with E-state index in [-0.39, 0.29) is 48.1 Å². The summed E-state index contributed by atoms with van der Waals surface area (Å²) in [5.74, 6) is -2.59. The highest BCUT2D eigenvalue weighted by molar-refractivity contribution is 6.28. The Bertz CT molecular complexity index is 3990. The van der Waals surface area contributed by atoms with Crippen molar-refractivity contribution in [3.05, 3.63) is 213 Å². The van der Waals surface area contributed by atoms with Gasteiger partial charge in [-0.2, -0.15) is 10.5 Å². The number of piperazine rings is 2. The summed E-state index contributed by atoms with van der Waals surface area (Å²) in [5.41, 5.74) is 11.3. The second-order valence-corrected chi connectivity index (χ2v) is 23.3. The second-order valence-electron chi connectivity index (χ2n) is 23.3. The van der Waals surface area contributed by atoms with Crippen LogP contribution in [0.1, 0.15) is 90.9 Å². The van der Waals surface area contributed by atoms with Gasteiger partial charge >= 0.3 is 0 Å². The van der Waals surface area contributed by atoms with Gasteiger partial charge in [-0.05, 0) is 131 Å². The SMILES string of the molecule is N#Cc1ccc(N2CCN(Cc3ccc(Cc4ccc5c6c(cccc46)C(=O)N5[C@@H]4CCC(=O)NC4=O)cc3)CC2)c(F)c1.N#Cc1ccc(N2CCN(Cc3ccc(Cc4ccc5c6c(cccc46)C(=O)N5[C@H]4CCC(=O)NC4=O)cc3)CC2)c(F)c1. The van der Waals surface area contributed by atoms with E-state index in [1.807, 2.05) is 70.5 Å². The molecule has 8 aromatic carbocycles. The van der Waals surface area contributed by atoms with Crippen LogP contribution in [0.25, 0.3) is 21.5 Å². The maximum Gasteiger partial charge on any atom is 0.259 e. The number of hydrogen-bond acceptors (Lipinski definition) is 12. The van der Waals surface area contributed by atoms with E-state index in [0.717, 1.165) is 121 Å². The maximum absolute atomic E-state index is 14.5. The number of imide groups is 2. The molecule has 4 fully saturated rings. The third-order valence-electron chi connectivity index (χ3n) is 17.9. The first-order valence-corrected chi connectivity index (χ1v) is 29.7. The van der Waals surface area contributed by atoms with Crippen LogP contribution in [0.4, 0.5) is 31.5 Å². The summed E-state index contributed by atoms with van der Waals surface area (Å²) in [6, 6.07) is 48.3. The van der Waals surface area contributed by atoms with Crippen molar-refractivity contribution in [1.29, 1.82) is 10.5 Å². The molecule has 0 bridgehead atoms. The minimum absolute atomic E-state index is 0.204. The van der Waals surface area contributed by atoms with E-state index >= 15 is 0 Å². The number of nitrogens with zero attached hydrogens (tertiary/aromatic N) is 8. The molecule has 8 aromatic rings. The molecule has 6 aliphatic rings. The summed E-state index contributed by atoms with van der Waals surface area (Å²) in [4.78, 5) is 87.4. The zero-order valence-electron chi connectivity index (χ0n) is 48.1. The average Bonchev–Trinajstić information content (AvgIpc) is 2.27. The Morgan fingerprint density at radius 1 is 0.443 bits per heavy atom. The molecular weight excluding hydrogens is 1110 g/mol. The lowest BCUT2D eigenvalue weighted by molar-refractivity contribution is -0.135. The summed E-state index contributed by atoms with van der Waals surface area (Å²) in [7, 11) is 0. The van der Waals surface area contributed by atoms with Crippen LogP contribution in [0.3, 0.4) is 0 Å². The van der Waals surface area contributed by atoms with E-state index < -0.39 is 23.9 Å². The van der Waals surface area contributed by atoms with Crippen LogP contribution < -0.4 is 30.2 Å². The normalized spacial score (nSPS) is 18.5. The van der Waals surface area contributed by atoms with Crippen LogP contribution in [0.15, 0.2) is 146 Å². The quantitative estimate of drug-likeness (QED) is 0.110. The van der Waals surface area contributed by atoms with E-state index in [2.05, 4.69) is 69.0 Å². The van der Waals surface area contributed by atoms with Crippen molar-refractivity contribution in [2.24, 2.45) is 0 Å². The molecule has 0 spiro atoms. The van der Waals surface area contributed by atoms with Crippen LogP contribution in [0.5, 0.6) is 0 Å². The topological polar surface area (TPSA) is 193 Å². The highest BCUT2D eigenvalue weighted by Gasteiger charge is 2.42. The Labute approximate surface area is 506 Å². The molecule has 0 aliphatic carbocycles. The first-order chi connectivity index (χ1) is 42.8. The minimum Gasteiger partial charge on any atom is -0.367 e. The molecule has 2 atom stereocenters. The van der Waals surface area contributed by atoms with Gasteiger partial charge in [0, 0.05) is 100 Å². The number of carbonyl (C=O) groups is 6. The molecule has 2 N–H and O–H groups in total. The van der Waals surface area contributed by atoms with Crippen molar-refractivity contribution < 1.29 is 37.5 Å². The smallest absolute Gasteiger partial charge is 0.259 e. The third-order valence-corrected chi connectivity index (χ3v) is 17.9. The molecule has 6 amide bonds. The molecular formula is C70H60F2N10O6. The molecule has 0 saturated carbocycles. The summed E-state index contributed by atoms with van der Waals surface area (Å²) in [5, 5.41) is 26.4. The van der Waals surface area contributed by atoms with Gasteiger partial charge < -0.3 is 9.80 Å². The lowest BCUT2D eigenvalue weighted by atomic mass is 9.95. The largest absolute Gasteiger partial charge is 0.367 e. The molecule has 88 heavy (non-hydrogen) atoms. The number of halogens is 2. The predicted molar refractivity (Wildman–Crippen MR) is 330 cm³/mol. The van der Waals surface area contributed by atoms with Crippen LogP contribution >= 0.6 is 0 Å². The molecule has 0 unspecified atom stereocenters. The molecule has 16 nitrogen and oxygen atoms in total. The molecule has 6 aliphatic heterocycles. The summed E-state index contributed by atoms with van der Waals surface area (Å²) in [6.07, 6.45) is 2.44. The fourth-order valence-electron chi connectivity index (χ4n) is 13.4. The van der Waals surface area contributed by atoms with E-state index in [4.69, 9.17) is 10.5 Å². The lowest BCUT2D eigenvalue weighted by Gasteiger charge is -2.36. The van der Waals surface area contributed by atoms with E-state index in [1.165, 1.54) is 23.3 Å². The maximum atomic E-state index is 14.5. The van der Waals surface area contributed by atoms with Gasteiger partial charge in [0.15, 0.2) is 0 Å². The fourth-order valence-corrected chi connectivity index (χ4v) is 13.4. The van der Waals surface area contributed by atoms with Gasteiger partial charge in [0.25, 0.3) is 11.8 Å². The number of hydrogen-bond donors (Lipinski definition) is 2. The number of nitrogens with one attached hydrogen (secondary N) is 2. The Morgan fingerprint density at radius 3 is 1.18 bits per heavy atom. The van der Waals surface area contributed by atoms with Crippen molar-refractivity contribution in [2.45, 2.75) is 63.7 Å². The van der Waals surface area contributed by atoms with E-state index in [1.54, 1.807) is 46.2 Å². The van der Waals surface area contributed by atoms with Gasteiger partial charge in [-0.25, -0.2) is 8.78 Å². The van der Waals surface area contributed by atoms with Crippen molar-refractivity contribution in [2.75, 3.05) is 72.0 Å². The average molecular weight is 1180 g/mol. The molecule has 440 valence electrons. The van der Waals surface area contributed by atoms with Crippen molar-refractivity contribution in [1.82, 2.24) is 20.4 Å². The number of rotatable bonds is 12. The monoisotopic (exact) mass is 1170 g/mol. The third kappa shape index (κ3) is 11.1. The van der Waals surface area contributed by atoms with Crippen LogP contribution in [0, 0.1) is 34.3 Å². The minimum atomic E-state index is -0.700. The molecule has 14 rings (SSSR count). The van der Waals surface area contributed by atoms with E-state index in [9.17, 15) is 37.5 Å². The second kappa shape index (κ2) is 24.0. The summed E-state index contributed by atoms with van der Waals surface area (Å²) >= 11 is 0. The molecule has 6 heterocycles. The fraction of sp³-hybridized carbons (Fsp3) is 0.257. The number of amides is 6. The van der Waals surface area contributed by atoms with Crippen molar-refractivity contribution in [3.63, 3.8) is 0 Å². The van der Waals surface area contributed by atoms with Gasteiger partial charge in [-0.3, -0.25) is 59.0 Å². The summed E-state index contributed by atoms with van der Waals surface area (Å²) in [6.45, 7) is 7.75. The highest BCUT2D eigenvalue weighted by atomic mass is 19.1. The first kappa shape index (κ1) is 57.0. The van der Waals surface area contributed by atoms with Crippen molar-refractivity contribution >= 4 is 79.7 Å². The van der Waals surface area contributed by atoms with Crippen LogP contribution in [-0.4, -0.2) is 110 Å². The zero-order chi connectivity index (χ0) is 60.7. The molecule has 4 saturated heterocycles. The van der Waals surface area contributed by atoms with Gasteiger partial charge in [-0.1, -0.05) is 84.9 Å². The number of benzene rings is 8. The number of carbonyl (C=O) groups excluding carboxylic acids is 6. The van der Waals surface area contributed by atoms with Gasteiger partial charge in [-0.15, -0.1) is 0 Å². The Kier molecular flexibility index (Phi) is 15.5. The first-order valence-electron chi connectivity index (χ1n) is 29.7. The van der Waals surface area contributed by atoms with Gasteiger partial charge in [0.2, 0.25) is 23.6 Å². The van der Waals surface area contributed by atoms with E-state index in [0.29, 0.717) is 59.3 Å². The van der Waals surface area contributed by atoms with Crippen LogP contribution in [0.2, 0.25) is 0 Å².